The predicted octanol–water partition coefficient (Wildman–Crippen LogP) is 7.20. The van der Waals surface area contributed by atoms with Gasteiger partial charge in [-0.1, -0.05) is 54.6 Å². The molecule has 6 rings (SSSR count). The molecule has 4 nitrogen and oxygen atoms in total. The number of hydrogen-bond donors (Lipinski definition) is 0. The third kappa shape index (κ3) is 4.66. The fourth-order valence-electron chi connectivity index (χ4n) is 5.10. The van der Waals surface area contributed by atoms with Crippen LogP contribution in [0.5, 0.6) is 17.2 Å². The Kier molecular flexibility index (Phi) is 6.37. The highest BCUT2D eigenvalue weighted by atomic mass is 16.5. The molecular weight excluding hydrogens is 482 g/mol. The van der Waals surface area contributed by atoms with Crippen LogP contribution in [0.2, 0.25) is 0 Å². The van der Waals surface area contributed by atoms with Crippen LogP contribution in [0.15, 0.2) is 109 Å². The number of aromatic nitrogens is 1. The minimum absolute atomic E-state index is 0.784. The molecule has 0 aliphatic carbocycles. The minimum atomic E-state index is -0.784. The van der Waals surface area contributed by atoms with E-state index in [0.29, 0.717) is 0 Å². The van der Waals surface area contributed by atoms with Gasteiger partial charge in [-0.3, -0.25) is 0 Å². The lowest BCUT2D eigenvalue weighted by Crippen LogP contribution is -2.34. The smallest absolute Gasteiger partial charge is 0.178 e. The Morgan fingerprint density at radius 1 is 0.692 bits per heavy atom. The highest BCUT2D eigenvalue weighted by Gasteiger charge is 2.37. The fourth-order valence-corrected chi connectivity index (χ4v) is 5.10. The maximum Gasteiger partial charge on any atom is 0.178 e. The zero-order valence-electron chi connectivity index (χ0n) is 22.3. The van der Waals surface area contributed by atoms with Crippen LogP contribution in [0.1, 0.15) is 27.8 Å². The van der Waals surface area contributed by atoms with E-state index in [1.165, 1.54) is 10.9 Å². The second-order valence-corrected chi connectivity index (χ2v) is 9.72. The Bertz CT molecular complexity index is 1630. The largest absolute Gasteiger partial charge is 0.497 e. The highest BCUT2D eigenvalue weighted by Crippen LogP contribution is 2.44. The van der Waals surface area contributed by atoms with Crippen molar-refractivity contribution in [2.24, 2.45) is 7.05 Å². The quantitative estimate of drug-likeness (QED) is 0.226. The van der Waals surface area contributed by atoms with Crippen LogP contribution >= 0.6 is 0 Å². The van der Waals surface area contributed by atoms with E-state index in [1.54, 1.807) is 14.2 Å². The van der Waals surface area contributed by atoms with E-state index in [1.807, 2.05) is 35.9 Å². The van der Waals surface area contributed by atoms with E-state index in [2.05, 4.69) is 103 Å². The first-order valence-electron chi connectivity index (χ1n) is 13.0. The van der Waals surface area contributed by atoms with Gasteiger partial charge in [0.15, 0.2) is 18.0 Å². The Labute approximate surface area is 229 Å². The van der Waals surface area contributed by atoms with E-state index in [4.69, 9.17) is 14.2 Å². The molecule has 0 fully saturated rings. The topological polar surface area (TPSA) is 31.6 Å². The van der Waals surface area contributed by atoms with Gasteiger partial charge in [-0.05, 0) is 70.4 Å². The fraction of sp³-hybridized carbons (Fsp3) is 0.114. The molecule has 0 N–H and O–H groups in total. The summed E-state index contributed by atoms with van der Waals surface area (Å²) < 4.78 is 19.8. The van der Waals surface area contributed by atoms with Crippen molar-refractivity contribution in [1.29, 1.82) is 0 Å². The first-order chi connectivity index (χ1) is 19.1. The zero-order valence-corrected chi connectivity index (χ0v) is 22.3. The molecule has 1 aliphatic rings. The molecule has 0 radical (unpaired) electrons. The number of ether oxygens (including phenoxy) is 3. The van der Waals surface area contributed by atoms with Crippen molar-refractivity contribution >= 4 is 29.0 Å². The van der Waals surface area contributed by atoms with Crippen LogP contribution in [-0.2, 0) is 12.6 Å². The normalized spacial score (nSPS) is 13.7. The van der Waals surface area contributed by atoms with Crippen LogP contribution in [0.4, 0.5) is 0 Å². The lowest BCUT2D eigenvalue weighted by Gasteiger charge is -2.36. The lowest BCUT2D eigenvalue weighted by molar-refractivity contribution is -0.671. The Hall–Kier alpha value is -4.83. The van der Waals surface area contributed by atoms with Gasteiger partial charge < -0.3 is 14.2 Å². The molecule has 39 heavy (non-hydrogen) atoms. The SMILES string of the molecule is COc1ccc(C2(c3ccc(OC)cc3)C=Cc3c(ccc4cc(/C=C/c5cc[n+](C)cc5)ccc34)O2)cc1. The molecule has 0 saturated heterocycles. The maximum absolute atomic E-state index is 6.91. The standard InChI is InChI=1S/C35H30NO3/c1-36-22-19-25(20-23-36)4-5-26-6-16-32-27(24-26)7-17-34-33(32)18-21-35(39-34,28-8-12-30(37-2)13-9-28)29-10-14-31(38-3)15-11-29/h4-24H,1-3H3/q+1/b5-4+. The summed E-state index contributed by atoms with van der Waals surface area (Å²) in [5.41, 5.74) is 4.66. The van der Waals surface area contributed by atoms with E-state index >= 15 is 0 Å². The van der Waals surface area contributed by atoms with Gasteiger partial charge in [-0.15, -0.1) is 0 Å². The van der Waals surface area contributed by atoms with Gasteiger partial charge >= 0.3 is 0 Å². The summed E-state index contributed by atoms with van der Waals surface area (Å²) in [6.07, 6.45) is 12.7. The van der Waals surface area contributed by atoms with Crippen molar-refractivity contribution in [1.82, 2.24) is 0 Å². The Morgan fingerprint density at radius 2 is 1.31 bits per heavy atom. The molecule has 1 aliphatic heterocycles. The molecule has 0 spiro atoms. The summed E-state index contributed by atoms with van der Waals surface area (Å²) in [6, 6.07) is 31.1. The molecule has 0 unspecified atom stereocenters. The van der Waals surface area contributed by atoms with Crippen LogP contribution < -0.4 is 18.8 Å². The molecule has 4 aromatic carbocycles. The van der Waals surface area contributed by atoms with Crippen molar-refractivity contribution < 1.29 is 18.8 Å². The number of hydrogen-bond acceptors (Lipinski definition) is 3. The first kappa shape index (κ1) is 24.5. The summed E-state index contributed by atoms with van der Waals surface area (Å²) in [4.78, 5) is 0. The molecule has 5 aromatic rings. The molecular formula is C35H30NO3+. The molecule has 1 aromatic heterocycles. The number of methoxy groups -OCH3 is 2. The number of aryl methyl sites for hydroxylation is 1. The van der Waals surface area contributed by atoms with Crippen molar-refractivity contribution in [2.45, 2.75) is 5.60 Å². The van der Waals surface area contributed by atoms with Gasteiger partial charge in [0.25, 0.3) is 0 Å². The number of benzene rings is 4. The van der Waals surface area contributed by atoms with Gasteiger partial charge in [0.2, 0.25) is 0 Å². The molecule has 0 bridgehead atoms. The highest BCUT2D eigenvalue weighted by molar-refractivity contribution is 5.95. The van der Waals surface area contributed by atoms with Crippen molar-refractivity contribution in [3.05, 3.63) is 137 Å². The molecule has 0 atom stereocenters. The number of rotatable bonds is 6. The van der Waals surface area contributed by atoms with Gasteiger partial charge in [-0.25, -0.2) is 4.57 Å². The van der Waals surface area contributed by atoms with E-state index in [9.17, 15) is 0 Å². The number of nitrogens with zero attached hydrogens (tertiary/aromatic N) is 1. The number of fused-ring (bicyclic) bond motifs is 3. The Balaban J connectivity index is 1.39. The second kappa shape index (κ2) is 10.1. The van der Waals surface area contributed by atoms with E-state index in [-0.39, 0.29) is 0 Å². The molecule has 192 valence electrons. The predicted molar refractivity (Wildman–Crippen MR) is 157 cm³/mol. The first-order valence-corrected chi connectivity index (χ1v) is 13.0. The van der Waals surface area contributed by atoms with Crippen molar-refractivity contribution in [3.63, 3.8) is 0 Å². The average molecular weight is 513 g/mol. The lowest BCUT2D eigenvalue weighted by atomic mass is 9.83. The number of pyridine rings is 1. The van der Waals surface area contributed by atoms with Gasteiger partial charge in [-0.2, -0.15) is 0 Å². The second-order valence-electron chi connectivity index (χ2n) is 9.72. The summed E-state index contributed by atoms with van der Waals surface area (Å²) >= 11 is 0. The van der Waals surface area contributed by atoms with Crippen molar-refractivity contribution in [3.8, 4) is 17.2 Å². The summed E-state index contributed by atoms with van der Waals surface area (Å²) in [5.74, 6) is 2.46. The average Bonchev–Trinajstić information content (AvgIpc) is 3.00. The van der Waals surface area contributed by atoms with E-state index in [0.717, 1.165) is 44.9 Å². The molecule has 0 saturated carbocycles. The Morgan fingerprint density at radius 3 is 1.92 bits per heavy atom. The summed E-state index contributed by atoms with van der Waals surface area (Å²) in [6.45, 7) is 0. The van der Waals surface area contributed by atoms with Crippen LogP contribution in [-0.4, -0.2) is 14.2 Å². The molecule has 2 heterocycles. The van der Waals surface area contributed by atoms with Gasteiger partial charge in [0.05, 0.1) is 14.2 Å². The van der Waals surface area contributed by atoms with Crippen molar-refractivity contribution in [2.75, 3.05) is 14.2 Å². The third-order valence-corrected chi connectivity index (χ3v) is 7.31. The third-order valence-electron chi connectivity index (χ3n) is 7.31. The van der Waals surface area contributed by atoms with Crippen LogP contribution in [0.3, 0.4) is 0 Å². The summed E-state index contributed by atoms with van der Waals surface area (Å²) in [7, 11) is 5.37. The molecule has 4 heteroatoms. The zero-order chi connectivity index (χ0) is 26.8. The molecule has 0 amide bonds. The summed E-state index contributed by atoms with van der Waals surface area (Å²) in [5, 5.41) is 2.33. The van der Waals surface area contributed by atoms with Gasteiger partial charge in [0.1, 0.15) is 24.3 Å². The monoisotopic (exact) mass is 512 g/mol. The van der Waals surface area contributed by atoms with E-state index < -0.39 is 5.60 Å². The van der Waals surface area contributed by atoms with Crippen LogP contribution in [0.25, 0.3) is 29.0 Å². The van der Waals surface area contributed by atoms with Crippen LogP contribution in [0, 0.1) is 0 Å². The minimum Gasteiger partial charge on any atom is -0.497 e. The van der Waals surface area contributed by atoms with Gasteiger partial charge in [0, 0.05) is 28.8 Å². The maximum atomic E-state index is 6.91.